The summed E-state index contributed by atoms with van der Waals surface area (Å²) in [4.78, 5) is 39.8. The molecule has 166 valence electrons. The number of nitrogens with zero attached hydrogens (tertiary/aromatic N) is 2. The van der Waals surface area contributed by atoms with Crippen molar-refractivity contribution in [1.29, 1.82) is 0 Å². The maximum Gasteiger partial charge on any atom is 0.274 e. The Morgan fingerprint density at radius 3 is 2.52 bits per heavy atom. The average molecular weight is 461 g/mol. The molecule has 1 heterocycles. The summed E-state index contributed by atoms with van der Waals surface area (Å²) in [5.41, 5.74) is 3.72. The first-order valence-corrected chi connectivity index (χ1v) is 10.5. The minimum atomic E-state index is -0.498. The topological polar surface area (TPSA) is 110 Å². The SMILES string of the molecule is Cc1cccc(-n2c(=S)[nH]c3cc(C(=O)Nc4cccc([N+](=O)[O-])c4C)ccc3c2=O)c1C. The third kappa shape index (κ3) is 3.94. The minimum absolute atomic E-state index is 0.0811. The normalized spacial score (nSPS) is 10.9. The van der Waals surface area contributed by atoms with Crippen LogP contribution in [0.5, 0.6) is 0 Å². The molecule has 0 saturated heterocycles. The molecule has 8 nitrogen and oxygen atoms in total. The summed E-state index contributed by atoms with van der Waals surface area (Å²) in [6, 6.07) is 14.8. The van der Waals surface area contributed by atoms with E-state index in [0.717, 1.165) is 11.1 Å². The molecule has 0 aliphatic rings. The first-order chi connectivity index (χ1) is 15.7. The monoisotopic (exact) mass is 460 g/mol. The standard InChI is InChI=1S/C24H20N4O4S/c1-13-6-4-8-20(14(13)2)27-23(30)17-11-10-16(12-19(17)26-24(27)33)22(29)25-18-7-5-9-21(15(18)3)28(31)32/h4-12H,1-3H3,(H,25,29)(H,26,33). The number of nitro benzene ring substituents is 1. The van der Waals surface area contributed by atoms with E-state index >= 15 is 0 Å². The van der Waals surface area contributed by atoms with Crippen molar-refractivity contribution in [2.45, 2.75) is 20.8 Å². The van der Waals surface area contributed by atoms with Crippen LogP contribution in [0, 0.1) is 35.7 Å². The van der Waals surface area contributed by atoms with Crippen molar-refractivity contribution in [3.63, 3.8) is 0 Å². The van der Waals surface area contributed by atoms with E-state index in [2.05, 4.69) is 10.3 Å². The van der Waals surface area contributed by atoms with E-state index in [0.29, 0.717) is 27.8 Å². The smallest absolute Gasteiger partial charge is 0.274 e. The van der Waals surface area contributed by atoms with E-state index in [9.17, 15) is 19.7 Å². The Bertz CT molecular complexity index is 1570. The molecule has 0 fully saturated rings. The predicted molar refractivity (Wildman–Crippen MR) is 130 cm³/mol. The molecular weight excluding hydrogens is 440 g/mol. The van der Waals surface area contributed by atoms with Gasteiger partial charge in [-0.25, -0.2) is 0 Å². The first-order valence-electron chi connectivity index (χ1n) is 10.1. The van der Waals surface area contributed by atoms with Gasteiger partial charge in [-0.2, -0.15) is 0 Å². The van der Waals surface area contributed by atoms with Crippen LogP contribution >= 0.6 is 12.2 Å². The van der Waals surface area contributed by atoms with Crippen molar-refractivity contribution in [3.05, 3.63) is 102 Å². The van der Waals surface area contributed by atoms with Gasteiger partial charge in [-0.1, -0.05) is 18.2 Å². The van der Waals surface area contributed by atoms with Gasteiger partial charge in [-0.15, -0.1) is 0 Å². The second-order valence-electron chi connectivity index (χ2n) is 7.71. The number of carbonyl (C=O) groups excluding carboxylic acids is 1. The number of fused-ring (bicyclic) bond motifs is 1. The number of benzene rings is 3. The van der Waals surface area contributed by atoms with Gasteiger partial charge < -0.3 is 10.3 Å². The van der Waals surface area contributed by atoms with Crippen molar-refractivity contribution in [3.8, 4) is 5.69 Å². The number of hydrogen-bond acceptors (Lipinski definition) is 5. The zero-order valence-electron chi connectivity index (χ0n) is 18.1. The van der Waals surface area contributed by atoms with Gasteiger partial charge in [0.15, 0.2) is 4.77 Å². The molecule has 0 aliphatic heterocycles. The van der Waals surface area contributed by atoms with Gasteiger partial charge in [0.1, 0.15) is 0 Å². The highest BCUT2D eigenvalue weighted by Gasteiger charge is 2.17. The minimum Gasteiger partial charge on any atom is -0.331 e. The summed E-state index contributed by atoms with van der Waals surface area (Å²) < 4.78 is 1.67. The van der Waals surface area contributed by atoms with Crippen LogP contribution in [0.1, 0.15) is 27.0 Å². The molecule has 1 amide bonds. The van der Waals surface area contributed by atoms with Gasteiger partial charge in [0.25, 0.3) is 17.2 Å². The zero-order chi connectivity index (χ0) is 23.9. The molecular formula is C24H20N4O4S. The van der Waals surface area contributed by atoms with Gasteiger partial charge >= 0.3 is 0 Å². The molecule has 0 radical (unpaired) electrons. The highest BCUT2D eigenvalue weighted by atomic mass is 32.1. The third-order valence-corrected chi connectivity index (χ3v) is 6.01. The van der Waals surface area contributed by atoms with Gasteiger partial charge in [-0.3, -0.25) is 24.3 Å². The first kappa shape index (κ1) is 22.1. The van der Waals surface area contributed by atoms with Crippen LogP contribution in [-0.4, -0.2) is 20.4 Å². The van der Waals surface area contributed by atoms with Crippen LogP contribution in [0.2, 0.25) is 0 Å². The number of aromatic nitrogens is 2. The molecule has 33 heavy (non-hydrogen) atoms. The molecule has 3 aromatic carbocycles. The number of carbonyl (C=O) groups is 1. The molecule has 0 spiro atoms. The van der Waals surface area contributed by atoms with Crippen LogP contribution in [0.15, 0.2) is 59.4 Å². The molecule has 0 aliphatic carbocycles. The Balaban J connectivity index is 1.76. The second-order valence-corrected chi connectivity index (χ2v) is 8.10. The summed E-state index contributed by atoms with van der Waals surface area (Å²) >= 11 is 5.46. The molecule has 1 aromatic heterocycles. The lowest BCUT2D eigenvalue weighted by Crippen LogP contribution is -2.22. The number of amides is 1. The summed E-state index contributed by atoms with van der Waals surface area (Å²) in [6.45, 7) is 5.46. The molecule has 0 saturated carbocycles. The lowest BCUT2D eigenvalue weighted by atomic mass is 10.1. The number of nitro groups is 1. The van der Waals surface area contributed by atoms with E-state index in [1.807, 2.05) is 32.0 Å². The van der Waals surface area contributed by atoms with Gasteiger partial charge in [-0.05, 0) is 74.4 Å². The van der Waals surface area contributed by atoms with E-state index < -0.39 is 10.8 Å². The number of H-pyrrole nitrogens is 1. The fourth-order valence-electron chi connectivity index (χ4n) is 3.71. The Hall–Kier alpha value is -4.11. The lowest BCUT2D eigenvalue weighted by molar-refractivity contribution is -0.385. The molecule has 2 N–H and O–H groups in total. The van der Waals surface area contributed by atoms with E-state index in [1.165, 1.54) is 22.8 Å². The number of rotatable bonds is 4. The molecule has 4 rings (SSSR count). The van der Waals surface area contributed by atoms with Crippen LogP contribution < -0.4 is 10.9 Å². The van der Waals surface area contributed by atoms with E-state index in [-0.39, 0.29) is 21.6 Å². The summed E-state index contributed by atoms with van der Waals surface area (Å²) in [5, 5.41) is 14.2. The largest absolute Gasteiger partial charge is 0.331 e. The van der Waals surface area contributed by atoms with Gasteiger partial charge in [0.2, 0.25) is 0 Å². The fourth-order valence-corrected chi connectivity index (χ4v) is 4.00. The van der Waals surface area contributed by atoms with E-state index in [4.69, 9.17) is 12.2 Å². The van der Waals surface area contributed by atoms with Crippen LogP contribution in [0.25, 0.3) is 16.6 Å². The van der Waals surface area contributed by atoms with Crippen LogP contribution in [0.4, 0.5) is 11.4 Å². The molecule has 0 bridgehead atoms. The second kappa shape index (κ2) is 8.44. The van der Waals surface area contributed by atoms with Crippen molar-refractivity contribution >= 4 is 40.4 Å². The Kier molecular flexibility index (Phi) is 5.65. The Morgan fingerprint density at radius 1 is 1.06 bits per heavy atom. The van der Waals surface area contributed by atoms with Crippen LogP contribution in [-0.2, 0) is 0 Å². The van der Waals surface area contributed by atoms with Crippen molar-refractivity contribution in [2.75, 3.05) is 5.32 Å². The molecule has 0 atom stereocenters. The van der Waals surface area contributed by atoms with Gasteiger partial charge in [0.05, 0.1) is 32.8 Å². The summed E-state index contributed by atoms with van der Waals surface area (Å²) in [7, 11) is 0. The number of aryl methyl sites for hydroxylation is 1. The lowest BCUT2D eigenvalue weighted by Gasteiger charge is -2.13. The van der Waals surface area contributed by atoms with E-state index in [1.54, 1.807) is 25.1 Å². The van der Waals surface area contributed by atoms with Crippen molar-refractivity contribution in [2.24, 2.45) is 0 Å². The number of aromatic amines is 1. The maximum atomic E-state index is 13.2. The highest BCUT2D eigenvalue weighted by Crippen LogP contribution is 2.26. The molecule has 9 heteroatoms. The number of hydrogen-bond donors (Lipinski definition) is 2. The maximum absolute atomic E-state index is 13.2. The average Bonchev–Trinajstić information content (AvgIpc) is 2.77. The zero-order valence-corrected chi connectivity index (χ0v) is 18.9. The molecule has 4 aromatic rings. The summed E-state index contributed by atoms with van der Waals surface area (Å²) in [5.74, 6) is -0.460. The highest BCUT2D eigenvalue weighted by molar-refractivity contribution is 7.71. The fraction of sp³-hybridized carbons (Fsp3) is 0.125. The van der Waals surface area contributed by atoms with Crippen LogP contribution in [0.3, 0.4) is 0 Å². The Morgan fingerprint density at radius 2 is 1.79 bits per heavy atom. The predicted octanol–water partition coefficient (Wildman–Crippen LogP) is 5.13. The Labute approximate surface area is 193 Å². The third-order valence-electron chi connectivity index (χ3n) is 5.73. The van der Waals surface area contributed by atoms with Gasteiger partial charge in [0, 0.05) is 11.6 Å². The quantitative estimate of drug-likeness (QED) is 0.249. The molecule has 0 unspecified atom stereocenters. The summed E-state index contributed by atoms with van der Waals surface area (Å²) in [6.07, 6.45) is 0. The number of nitrogens with one attached hydrogen (secondary N) is 2. The van der Waals surface area contributed by atoms with Crippen molar-refractivity contribution < 1.29 is 9.72 Å². The number of anilines is 1. The van der Waals surface area contributed by atoms with Crippen molar-refractivity contribution in [1.82, 2.24) is 9.55 Å².